The first-order valence-electron chi connectivity index (χ1n) is 8.41. The average Bonchev–Trinajstić information content (AvgIpc) is 3.22. The predicted molar refractivity (Wildman–Crippen MR) is 96.2 cm³/mol. The van der Waals surface area contributed by atoms with Gasteiger partial charge in [-0.3, -0.25) is 4.79 Å². The highest BCUT2D eigenvalue weighted by Crippen LogP contribution is 2.51. The van der Waals surface area contributed by atoms with Crippen LogP contribution >= 0.6 is 11.3 Å². The number of furan rings is 1. The first-order valence-corrected chi connectivity index (χ1v) is 9.29. The summed E-state index contributed by atoms with van der Waals surface area (Å²) in [5.41, 5.74) is -1.94. The Hall–Kier alpha value is -2.19. The van der Waals surface area contributed by atoms with Crippen LogP contribution in [0.2, 0.25) is 0 Å². The van der Waals surface area contributed by atoms with Gasteiger partial charge in [-0.05, 0) is 26.0 Å². The van der Waals surface area contributed by atoms with Crippen molar-refractivity contribution in [1.29, 1.82) is 0 Å². The van der Waals surface area contributed by atoms with Gasteiger partial charge >= 0.3 is 5.97 Å². The lowest BCUT2D eigenvalue weighted by atomic mass is 9.54. The van der Waals surface area contributed by atoms with E-state index in [1.165, 1.54) is 11.3 Å². The van der Waals surface area contributed by atoms with E-state index >= 15 is 0 Å². The van der Waals surface area contributed by atoms with Crippen LogP contribution in [-0.2, 0) is 9.53 Å². The molecule has 1 saturated carbocycles. The summed E-state index contributed by atoms with van der Waals surface area (Å²) in [7, 11) is 0. The smallest absolute Gasteiger partial charge is 0.330 e. The molecule has 3 rings (SSSR count). The molecule has 0 bridgehead atoms. The summed E-state index contributed by atoms with van der Waals surface area (Å²) < 4.78 is 11.1. The van der Waals surface area contributed by atoms with E-state index in [4.69, 9.17) is 9.15 Å². The third-order valence-electron chi connectivity index (χ3n) is 5.14. The molecule has 0 spiro atoms. The Morgan fingerprint density at radius 2 is 2.19 bits per heavy atom. The summed E-state index contributed by atoms with van der Waals surface area (Å²) in [6.07, 6.45) is 0.00418. The summed E-state index contributed by atoms with van der Waals surface area (Å²) >= 11 is 1.28. The normalized spacial score (nSPS) is 24.1. The molecule has 7 nitrogen and oxygen atoms in total. The van der Waals surface area contributed by atoms with Crippen LogP contribution in [0.25, 0.3) is 10.8 Å². The summed E-state index contributed by atoms with van der Waals surface area (Å²) in [4.78, 5) is 28.9. The van der Waals surface area contributed by atoms with Crippen LogP contribution in [-0.4, -0.2) is 40.2 Å². The number of aromatic nitrogens is 1. The number of hydrogen-bond acceptors (Lipinski definition) is 6. The quantitative estimate of drug-likeness (QED) is 0.801. The van der Waals surface area contributed by atoms with E-state index in [0.717, 1.165) is 5.76 Å². The van der Waals surface area contributed by atoms with Crippen LogP contribution in [0.5, 0.6) is 0 Å². The molecule has 2 heterocycles. The second-order valence-corrected chi connectivity index (χ2v) is 7.84. The van der Waals surface area contributed by atoms with Crippen molar-refractivity contribution in [3.05, 3.63) is 29.0 Å². The number of hydrogen-bond donors (Lipinski definition) is 2. The molecule has 2 N–H and O–H groups in total. The number of ether oxygens (including phenoxy) is 1. The van der Waals surface area contributed by atoms with Crippen molar-refractivity contribution in [1.82, 2.24) is 10.3 Å². The number of rotatable bonds is 6. The molecule has 140 valence electrons. The SMILES string of the molecule is CCOC1CC(NC(=O)c2csc(-c3ccc(C)o3)n2)(C(=O)O)C1(C)C. The summed E-state index contributed by atoms with van der Waals surface area (Å²) in [5, 5.41) is 14.7. The number of carboxylic acids is 1. The van der Waals surface area contributed by atoms with E-state index < -0.39 is 22.8 Å². The minimum Gasteiger partial charge on any atom is -0.479 e. The fourth-order valence-electron chi connectivity index (χ4n) is 3.34. The van der Waals surface area contributed by atoms with Gasteiger partial charge in [-0.1, -0.05) is 13.8 Å². The maximum atomic E-state index is 12.7. The van der Waals surface area contributed by atoms with Crippen molar-refractivity contribution in [2.75, 3.05) is 6.61 Å². The number of thiazole rings is 1. The van der Waals surface area contributed by atoms with Gasteiger partial charge in [0.1, 0.15) is 17.0 Å². The molecular weight excluding hydrogens is 356 g/mol. The van der Waals surface area contributed by atoms with Gasteiger partial charge in [0.25, 0.3) is 5.91 Å². The minimum absolute atomic E-state index is 0.176. The van der Waals surface area contributed by atoms with Crippen LogP contribution < -0.4 is 5.32 Å². The van der Waals surface area contributed by atoms with Gasteiger partial charge in [0.15, 0.2) is 10.8 Å². The molecule has 0 radical (unpaired) electrons. The lowest BCUT2D eigenvalue weighted by molar-refractivity contribution is -0.190. The number of carbonyl (C=O) groups excluding carboxylic acids is 1. The van der Waals surface area contributed by atoms with E-state index in [0.29, 0.717) is 17.4 Å². The lowest BCUT2D eigenvalue weighted by Gasteiger charge is -2.58. The Labute approximate surface area is 155 Å². The molecule has 0 aromatic carbocycles. The first-order chi connectivity index (χ1) is 12.2. The number of carbonyl (C=O) groups is 2. The van der Waals surface area contributed by atoms with Crippen molar-refractivity contribution in [2.45, 2.75) is 45.8 Å². The molecule has 1 aliphatic rings. The Morgan fingerprint density at radius 3 is 2.73 bits per heavy atom. The van der Waals surface area contributed by atoms with Crippen molar-refractivity contribution in [3.63, 3.8) is 0 Å². The van der Waals surface area contributed by atoms with E-state index in [-0.39, 0.29) is 18.2 Å². The van der Waals surface area contributed by atoms with E-state index in [1.54, 1.807) is 25.3 Å². The van der Waals surface area contributed by atoms with Crippen molar-refractivity contribution in [3.8, 4) is 10.8 Å². The first kappa shape index (κ1) is 18.6. The molecule has 2 aromatic rings. The Kier molecular flexibility index (Phi) is 4.66. The Morgan fingerprint density at radius 1 is 1.46 bits per heavy atom. The standard InChI is InChI=1S/C18H22N2O5S/c1-5-24-13-8-18(16(22)23,17(13,3)4)20-14(21)11-9-26-15(19-11)12-7-6-10(2)25-12/h6-7,9,13H,5,8H2,1-4H3,(H,20,21)(H,22,23). The summed E-state index contributed by atoms with van der Waals surface area (Å²) in [6, 6.07) is 3.61. The monoisotopic (exact) mass is 378 g/mol. The zero-order valence-corrected chi connectivity index (χ0v) is 16.0. The van der Waals surface area contributed by atoms with Crippen LogP contribution in [0.4, 0.5) is 0 Å². The maximum absolute atomic E-state index is 12.7. The zero-order valence-electron chi connectivity index (χ0n) is 15.2. The molecule has 26 heavy (non-hydrogen) atoms. The molecule has 2 unspecified atom stereocenters. The fraction of sp³-hybridized carbons (Fsp3) is 0.500. The number of amides is 1. The molecular formula is C18H22N2O5S. The minimum atomic E-state index is -1.38. The second kappa shape index (κ2) is 6.51. The predicted octanol–water partition coefficient (Wildman–Crippen LogP) is 3.10. The third kappa shape index (κ3) is 2.83. The Bertz CT molecular complexity index is 840. The Balaban J connectivity index is 1.80. The van der Waals surface area contributed by atoms with E-state index in [9.17, 15) is 14.7 Å². The number of aliphatic carboxylic acids is 1. The highest BCUT2D eigenvalue weighted by Gasteiger charge is 2.66. The molecule has 1 fully saturated rings. The molecule has 1 amide bonds. The summed E-state index contributed by atoms with van der Waals surface area (Å²) in [6.45, 7) is 7.78. The molecule has 2 atom stereocenters. The van der Waals surface area contributed by atoms with Crippen LogP contribution in [0.3, 0.4) is 0 Å². The van der Waals surface area contributed by atoms with Gasteiger partial charge in [-0.2, -0.15) is 0 Å². The second-order valence-electron chi connectivity index (χ2n) is 6.98. The van der Waals surface area contributed by atoms with Gasteiger partial charge in [0.2, 0.25) is 0 Å². The van der Waals surface area contributed by atoms with Gasteiger partial charge < -0.3 is 19.6 Å². The highest BCUT2D eigenvalue weighted by atomic mass is 32.1. The molecule has 0 aliphatic heterocycles. The molecule has 2 aromatic heterocycles. The third-order valence-corrected chi connectivity index (χ3v) is 6.00. The van der Waals surface area contributed by atoms with Crippen LogP contribution in [0.15, 0.2) is 21.9 Å². The van der Waals surface area contributed by atoms with Crippen LogP contribution in [0.1, 0.15) is 43.4 Å². The van der Waals surface area contributed by atoms with Gasteiger partial charge in [-0.15, -0.1) is 11.3 Å². The van der Waals surface area contributed by atoms with Gasteiger partial charge in [0, 0.05) is 23.8 Å². The van der Waals surface area contributed by atoms with Crippen molar-refractivity contribution in [2.24, 2.45) is 5.41 Å². The van der Waals surface area contributed by atoms with Gasteiger partial charge in [-0.25, -0.2) is 9.78 Å². The molecule has 0 saturated heterocycles. The van der Waals surface area contributed by atoms with E-state index in [2.05, 4.69) is 10.3 Å². The molecule has 8 heteroatoms. The number of aryl methyl sites for hydroxylation is 1. The topological polar surface area (TPSA) is 102 Å². The molecule has 1 aliphatic carbocycles. The maximum Gasteiger partial charge on any atom is 0.330 e. The fourth-order valence-corrected chi connectivity index (χ4v) is 4.10. The zero-order chi connectivity index (χ0) is 19.1. The lowest BCUT2D eigenvalue weighted by Crippen LogP contribution is -2.76. The number of nitrogens with one attached hydrogen (secondary N) is 1. The van der Waals surface area contributed by atoms with Crippen molar-refractivity contribution < 1.29 is 23.8 Å². The van der Waals surface area contributed by atoms with Gasteiger partial charge in [0.05, 0.1) is 6.10 Å². The summed E-state index contributed by atoms with van der Waals surface area (Å²) in [5.74, 6) is -0.241. The highest BCUT2D eigenvalue weighted by molar-refractivity contribution is 7.13. The van der Waals surface area contributed by atoms with Crippen molar-refractivity contribution >= 4 is 23.2 Å². The number of carboxylic acid groups (broad SMARTS) is 1. The average molecular weight is 378 g/mol. The van der Waals surface area contributed by atoms with E-state index in [1.807, 2.05) is 19.9 Å². The van der Waals surface area contributed by atoms with Crippen LogP contribution in [0, 0.1) is 12.3 Å². The largest absolute Gasteiger partial charge is 0.479 e. The number of nitrogens with zero attached hydrogens (tertiary/aromatic N) is 1.